The van der Waals surface area contributed by atoms with Gasteiger partial charge < -0.3 is 19.3 Å². The van der Waals surface area contributed by atoms with Crippen molar-refractivity contribution in [3.63, 3.8) is 0 Å². The highest BCUT2D eigenvalue weighted by Gasteiger charge is 2.43. The molecule has 4 aromatic carbocycles. The molecule has 0 fully saturated rings. The van der Waals surface area contributed by atoms with Crippen molar-refractivity contribution in [1.29, 1.82) is 0 Å². The molecule has 3 atom stereocenters. The molecule has 0 bridgehead atoms. The van der Waals surface area contributed by atoms with Crippen LogP contribution in [-0.2, 0) is 54.1 Å². The Labute approximate surface area is 258 Å². The van der Waals surface area contributed by atoms with Crippen molar-refractivity contribution in [3.05, 3.63) is 144 Å². The molecule has 1 amide bonds. The average Bonchev–Trinajstić information content (AvgIpc) is 3.06. The van der Waals surface area contributed by atoms with E-state index in [4.69, 9.17) is 18.5 Å². The minimum Gasteiger partial charge on any atom is -0.459 e. The Balaban J connectivity index is 1.60. The molecule has 44 heavy (non-hydrogen) atoms. The van der Waals surface area contributed by atoms with Crippen LogP contribution in [0.5, 0.6) is 0 Å². The lowest BCUT2D eigenvalue weighted by Crippen LogP contribution is -2.40. The van der Waals surface area contributed by atoms with Gasteiger partial charge in [-0.05, 0) is 28.2 Å². The highest BCUT2D eigenvalue weighted by Crippen LogP contribution is 2.55. The molecule has 0 heterocycles. The molecule has 0 saturated heterocycles. The third-order valence-electron chi connectivity index (χ3n) is 6.73. The van der Waals surface area contributed by atoms with Crippen LogP contribution in [0, 0.1) is 5.92 Å². The summed E-state index contributed by atoms with van der Waals surface area (Å²) in [5, 5.41) is 2.73. The molecule has 0 radical (unpaired) electrons. The number of nitrogens with one attached hydrogen (secondary N) is 1. The van der Waals surface area contributed by atoms with Crippen LogP contribution >= 0.6 is 7.60 Å². The fourth-order valence-corrected chi connectivity index (χ4v) is 6.38. The molecule has 0 aliphatic heterocycles. The van der Waals surface area contributed by atoms with Gasteiger partial charge in [0, 0.05) is 6.42 Å². The minimum atomic E-state index is -4.28. The Bertz CT molecular complexity index is 1490. The summed E-state index contributed by atoms with van der Waals surface area (Å²) in [5.74, 6) is -2.29. The third kappa shape index (κ3) is 10.2. The summed E-state index contributed by atoms with van der Waals surface area (Å²) < 4.78 is 38.1. The predicted molar refractivity (Wildman–Crippen MR) is 168 cm³/mol. The van der Waals surface area contributed by atoms with Gasteiger partial charge in [-0.3, -0.25) is 9.09 Å². The second kappa shape index (κ2) is 16.6. The average molecular weight is 616 g/mol. The van der Waals surface area contributed by atoms with Crippen LogP contribution in [0.25, 0.3) is 0 Å². The fraction of sp³-hybridized carbons (Fsp3) is 0.257. The highest BCUT2D eigenvalue weighted by molar-refractivity contribution is 7.54. The molecular formula is C35H38NO7P. The maximum absolute atomic E-state index is 14.9. The van der Waals surface area contributed by atoms with Crippen molar-refractivity contribution in [1.82, 2.24) is 5.32 Å². The summed E-state index contributed by atoms with van der Waals surface area (Å²) in [4.78, 5) is 26.4. The summed E-state index contributed by atoms with van der Waals surface area (Å²) in [7, 11) is -4.28. The summed E-state index contributed by atoms with van der Waals surface area (Å²) in [6.07, 6.45) is -1.94. The monoisotopic (exact) mass is 615 g/mol. The van der Waals surface area contributed by atoms with Crippen LogP contribution in [0.4, 0.5) is 4.79 Å². The number of benzene rings is 4. The van der Waals surface area contributed by atoms with Crippen molar-refractivity contribution in [2.24, 2.45) is 5.92 Å². The maximum Gasteiger partial charge on any atom is 0.408 e. The molecule has 0 aliphatic rings. The van der Waals surface area contributed by atoms with Crippen LogP contribution < -0.4 is 5.32 Å². The number of carbonyl (C=O) groups excluding carboxylic acids is 2. The van der Waals surface area contributed by atoms with Crippen LogP contribution in [0.15, 0.2) is 121 Å². The summed E-state index contributed by atoms with van der Waals surface area (Å²) in [6, 6.07) is 36.9. The van der Waals surface area contributed by atoms with Crippen molar-refractivity contribution in [2.75, 3.05) is 0 Å². The zero-order chi connectivity index (χ0) is 31.2. The van der Waals surface area contributed by atoms with E-state index in [0.717, 1.165) is 22.3 Å². The van der Waals surface area contributed by atoms with Gasteiger partial charge in [-0.15, -0.1) is 0 Å². The molecule has 0 saturated carbocycles. The molecule has 8 nitrogen and oxygen atoms in total. The van der Waals surface area contributed by atoms with Gasteiger partial charge in [-0.1, -0.05) is 135 Å². The van der Waals surface area contributed by atoms with Gasteiger partial charge in [0.05, 0.1) is 6.61 Å². The second-order valence-corrected chi connectivity index (χ2v) is 12.7. The van der Waals surface area contributed by atoms with E-state index in [1.807, 2.05) is 121 Å². The van der Waals surface area contributed by atoms with E-state index in [1.165, 1.54) is 0 Å². The van der Waals surface area contributed by atoms with Gasteiger partial charge in [0.15, 0.2) is 6.10 Å². The topological polar surface area (TPSA) is 100 Å². The number of hydrogen-bond donors (Lipinski definition) is 1. The Morgan fingerprint density at radius 3 is 1.55 bits per heavy atom. The smallest absolute Gasteiger partial charge is 0.408 e. The van der Waals surface area contributed by atoms with Gasteiger partial charge in [-0.2, -0.15) is 0 Å². The van der Waals surface area contributed by atoms with Crippen molar-refractivity contribution in [2.45, 2.75) is 52.0 Å². The molecule has 2 unspecified atom stereocenters. The minimum absolute atomic E-state index is 0.0151. The number of amides is 1. The zero-order valence-electron chi connectivity index (χ0n) is 24.9. The van der Waals surface area contributed by atoms with Crippen molar-refractivity contribution < 1.29 is 32.7 Å². The largest absolute Gasteiger partial charge is 0.459 e. The Hall–Kier alpha value is -4.23. The van der Waals surface area contributed by atoms with Crippen LogP contribution in [0.1, 0.15) is 36.1 Å². The molecule has 9 heteroatoms. The van der Waals surface area contributed by atoms with Gasteiger partial charge in [-0.25, -0.2) is 9.59 Å². The maximum atomic E-state index is 14.9. The standard InChI is InChI=1S/C35H38NO7P/c1-27(2)33(34(37)40-24-29-17-9-4-10-18-29)43-44(39,42-26-31-21-13-6-14-22-31)32(23-28-15-7-3-8-16-28)36-35(38)41-25-30-19-11-5-12-20-30/h3-22,27,32-33H,23-26H2,1-2H3,(H,36,38)/t32?,33-,44?/m1/s1. The zero-order valence-corrected chi connectivity index (χ0v) is 25.8. The number of rotatable bonds is 15. The van der Waals surface area contributed by atoms with E-state index in [1.54, 1.807) is 13.8 Å². The lowest BCUT2D eigenvalue weighted by atomic mass is 10.1. The SMILES string of the molecule is CC(C)[C@@H](OP(=O)(OCc1ccccc1)C(Cc1ccccc1)NC(=O)OCc1ccccc1)C(=O)OCc1ccccc1. The molecule has 0 spiro atoms. The number of alkyl carbamates (subject to hydrolysis) is 1. The van der Waals surface area contributed by atoms with E-state index in [2.05, 4.69) is 5.32 Å². The molecule has 4 rings (SSSR count). The Kier molecular flexibility index (Phi) is 12.3. The molecule has 0 aliphatic carbocycles. The number of ether oxygens (including phenoxy) is 2. The van der Waals surface area contributed by atoms with Gasteiger partial charge in [0.2, 0.25) is 0 Å². The number of hydrogen-bond acceptors (Lipinski definition) is 7. The first-order chi connectivity index (χ1) is 21.3. The van der Waals surface area contributed by atoms with Gasteiger partial charge in [0.1, 0.15) is 19.0 Å². The second-order valence-electron chi connectivity index (χ2n) is 10.6. The first-order valence-corrected chi connectivity index (χ1v) is 16.1. The Morgan fingerprint density at radius 2 is 1.07 bits per heavy atom. The van der Waals surface area contributed by atoms with Crippen LogP contribution in [0.2, 0.25) is 0 Å². The number of esters is 1. The molecule has 4 aromatic rings. The summed E-state index contributed by atoms with van der Waals surface area (Å²) >= 11 is 0. The van der Waals surface area contributed by atoms with E-state index in [9.17, 15) is 14.2 Å². The lowest BCUT2D eigenvalue weighted by molar-refractivity contribution is -0.156. The Morgan fingerprint density at radius 1 is 0.636 bits per heavy atom. The highest BCUT2D eigenvalue weighted by atomic mass is 31.2. The van der Waals surface area contributed by atoms with E-state index in [-0.39, 0.29) is 26.2 Å². The van der Waals surface area contributed by atoms with E-state index >= 15 is 0 Å². The third-order valence-corrected chi connectivity index (χ3v) is 8.81. The van der Waals surface area contributed by atoms with Crippen LogP contribution in [-0.4, -0.2) is 23.9 Å². The quantitative estimate of drug-likeness (QED) is 0.108. The normalized spacial score (nSPS) is 13.8. The molecule has 0 aromatic heterocycles. The van der Waals surface area contributed by atoms with Crippen LogP contribution in [0.3, 0.4) is 0 Å². The van der Waals surface area contributed by atoms with Crippen molar-refractivity contribution >= 4 is 19.7 Å². The molecule has 230 valence electrons. The van der Waals surface area contributed by atoms with E-state index in [0.29, 0.717) is 0 Å². The fourth-order valence-electron chi connectivity index (χ4n) is 4.32. The van der Waals surface area contributed by atoms with E-state index < -0.39 is 37.5 Å². The lowest BCUT2D eigenvalue weighted by Gasteiger charge is -2.31. The van der Waals surface area contributed by atoms with Gasteiger partial charge in [0.25, 0.3) is 0 Å². The molecule has 1 N–H and O–H groups in total. The number of carbonyl (C=O) groups is 2. The first-order valence-electron chi connectivity index (χ1n) is 14.5. The predicted octanol–water partition coefficient (Wildman–Crippen LogP) is 7.68. The first kappa shape index (κ1) is 32.7. The molecular weight excluding hydrogens is 577 g/mol. The van der Waals surface area contributed by atoms with Crippen molar-refractivity contribution in [3.8, 4) is 0 Å². The summed E-state index contributed by atoms with van der Waals surface area (Å²) in [5.41, 5.74) is 3.12. The summed E-state index contributed by atoms with van der Waals surface area (Å²) in [6.45, 7) is 3.50. The van der Waals surface area contributed by atoms with Gasteiger partial charge >= 0.3 is 19.7 Å².